The minimum Gasteiger partial charge on any atom is -0.348 e. The van der Waals surface area contributed by atoms with E-state index in [0.717, 1.165) is 13.0 Å². The molecule has 0 aliphatic carbocycles. The highest BCUT2D eigenvalue weighted by molar-refractivity contribution is 5.66. The van der Waals surface area contributed by atoms with E-state index in [9.17, 15) is 0 Å². The predicted molar refractivity (Wildman–Crippen MR) is 55.9 cm³/mol. The third-order valence-electron chi connectivity index (χ3n) is 2.31. The van der Waals surface area contributed by atoms with Gasteiger partial charge in [-0.2, -0.15) is 0 Å². The molecule has 1 nitrogen and oxygen atoms in total. The van der Waals surface area contributed by atoms with Crippen LogP contribution in [0, 0.1) is 0 Å². The molecule has 0 N–H and O–H groups in total. The fourth-order valence-corrected chi connectivity index (χ4v) is 1.66. The quantitative estimate of drug-likeness (QED) is 0.661. The SMILES string of the molecule is C=CN1CCC=C1c1ccccc1. The Morgan fingerprint density at radius 1 is 1.23 bits per heavy atom. The molecule has 2 rings (SSSR count). The van der Waals surface area contributed by atoms with Crippen LogP contribution >= 0.6 is 0 Å². The molecule has 0 saturated heterocycles. The number of benzene rings is 1. The topological polar surface area (TPSA) is 3.24 Å². The molecule has 1 aliphatic heterocycles. The summed E-state index contributed by atoms with van der Waals surface area (Å²) in [4.78, 5) is 2.19. The minimum atomic E-state index is 1.06. The maximum Gasteiger partial charge on any atom is 0.0439 e. The van der Waals surface area contributed by atoms with E-state index < -0.39 is 0 Å². The normalized spacial score (nSPS) is 15.7. The Labute approximate surface area is 79.0 Å². The summed E-state index contributed by atoms with van der Waals surface area (Å²) < 4.78 is 0. The van der Waals surface area contributed by atoms with Crippen molar-refractivity contribution in [3.8, 4) is 0 Å². The van der Waals surface area contributed by atoms with Gasteiger partial charge >= 0.3 is 0 Å². The first kappa shape index (κ1) is 8.11. The van der Waals surface area contributed by atoms with Crippen molar-refractivity contribution < 1.29 is 0 Å². The molecule has 13 heavy (non-hydrogen) atoms. The zero-order valence-electron chi connectivity index (χ0n) is 7.61. The van der Waals surface area contributed by atoms with Gasteiger partial charge < -0.3 is 4.90 Å². The minimum absolute atomic E-state index is 1.06. The second kappa shape index (κ2) is 3.48. The van der Waals surface area contributed by atoms with Crippen LogP contribution < -0.4 is 0 Å². The Kier molecular flexibility index (Phi) is 2.17. The molecule has 1 heteroatoms. The average molecular weight is 171 g/mol. The molecule has 0 aromatic heterocycles. The molecule has 0 fully saturated rings. The Hall–Kier alpha value is -1.50. The smallest absolute Gasteiger partial charge is 0.0439 e. The zero-order chi connectivity index (χ0) is 9.10. The highest BCUT2D eigenvalue weighted by Gasteiger charge is 2.12. The Bertz CT molecular complexity index is 324. The van der Waals surface area contributed by atoms with E-state index >= 15 is 0 Å². The molecule has 66 valence electrons. The molecular weight excluding hydrogens is 158 g/mol. The van der Waals surface area contributed by atoms with Crippen molar-refractivity contribution in [2.45, 2.75) is 6.42 Å². The van der Waals surface area contributed by atoms with Crippen LogP contribution in [0.4, 0.5) is 0 Å². The van der Waals surface area contributed by atoms with Gasteiger partial charge in [0.05, 0.1) is 0 Å². The molecule has 0 saturated carbocycles. The third-order valence-corrected chi connectivity index (χ3v) is 2.31. The van der Waals surface area contributed by atoms with Crippen LogP contribution in [0.5, 0.6) is 0 Å². The standard InChI is InChI=1S/C12H13N/c1-2-13-10-6-9-12(13)11-7-4-3-5-8-11/h2-5,7-9H,1,6,10H2. The molecule has 1 heterocycles. The summed E-state index contributed by atoms with van der Waals surface area (Å²) in [6, 6.07) is 10.4. The van der Waals surface area contributed by atoms with Crippen molar-refractivity contribution >= 4 is 5.70 Å². The van der Waals surface area contributed by atoms with E-state index in [1.807, 2.05) is 12.3 Å². The summed E-state index contributed by atoms with van der Waals surface area (Å²) >= 11 is 0. The van der Waals surface area contributed by atoms with Crippen LogP contribution in [-0.4, -0.2) is 11.4 Å². The maximum absolute atomic E-state index is 3.80. The van der Waals surface area contributed by atoms with Gasteiger partial charge in [-0.25, -0.2) is 0 Å². The van der Waals surface area contributed by atoms with Gasteiger partial charge in [-0.1, -0.05) is 43.0 Å². The summed E-state index contributed by atoms with van der Waals surface area (Å²) in [5.74, 6) is 0. The van der Waals surface area contributed by atoms with Crippen molar-refractivity contribution in [1.82, 2.24) is 4.90 Å². The first-order valence-corrected chi connectivity index (χ1v) is 4.56. The van der Waals surface area contributed by atoms with E-state index in [-0.39, 0.29) is 0 Å². The van der Waals surface area contributed by atoms with Crippen LogP contribution in [0.25, 0.3) is 5.70 Å². The molecule has 1 aromatic rings. The Morgan fingerprint density at radius 3 is 2.69 bits per heavy atom. The highest BCUT2D eigenvalue weighted by atomic mass is 15.1. The molecule has 1 aromatic carbocycles. The molecule has 0 atom stereocenters. The molecule has 0 unspecified atom stereocenters. The third kappa shape index (κ3) is 1.50. The van der Waals surface area contributed by atoms with E-state index in [4.69, 9.17) is 0 Å². The average Bonchev–Trinajstić information content (AvgIpc) is 2.67. The van der Waals surface area contributed by atoms with Crippen LogP contribution in [0.3, 0.4) is 0 Å². The second-order valence-electron chi connectivity index (χ2n) is 3.12. The lowest BCUT2D eigenvalue weighted by Gasteiger charge is -2.16. The van der Waals surface area contributed by atoms with Crippen LogP contribution in [-0.2, 0) is 0 Å². The predicted octanol–water partition coefficient (Wildman–Crippen LogP) is 2.88. The molecule has 0 radical (unpaired) electrons. The molecule has 0 spiro atoms. The number of rotatable bonds is 2. The summed E-state index contributed by atoms with van der Waals surface area (Å²) in [6.45, 7) is 4.87. The monoisotopic (exact) mass is 171 g/mol. The fourth-order valence-electron chi connectivity index (χ4n) is 1.66. The van der Waals surface area contributed by atoms with Gasteiger partial charge in [0.1, 0.15) is 0 Å². The molecular formula is C12H13N. The van der Waals surface area contributed by atoms with Crippen molar-refractivity contribution in [3.05, 3.63) is 54.8 Å². The summed E-state index contributed by atoms with van der Waals surface area (Å²) in [5.41, 5.74) is 2.57. The first-order chi connectivity index (χ1) is 6.42. The van der Waals surface area contributed by atoms with Crippen molar-refractivity contribution in [1.29, 1.82) is 0 Å². The summed E-state index contributed by atoms with van der Waals surface area (Å²) in [7, 11) is 0. The van der Waals surface area contributed by atoms with E-state index in [1.54, 1.807) is 0 Å². The summed E-state index contributed by atoms with van der Waals surface area (Å²) in [5, 5.41) is 0. The number of hydrogen-bond acceptors (Lipinski definition) is 1. The van der Waals surface area contributed by atoms with E-state index in [0.29, 0.717) is 0 Å². The van der Waals surface area contributed by atoms with Crippen molar-refractivity contribution in [3.63, 3.8) is 0 Å². The maximum atomic E-state index is 3.80. The van der Waals surface area contributed by atoms with Gasteiger partial charge in [0.15, 0.2) is 0 Å². The number of hydrogen-bond donors (Lipinski definition) is 0. The van der Waals surface area contributed by atoms with Gasteiger partial charge in [0.25, 0.3) is 0 Å². The van der Waals surface area contributed by atoms with Crippen LogP contribution in [0.15, 0.2) is 49.2 Å². The lowest BCUT2D eigenvalue weighted by atomic mass is 10.1. The van der Waals surface area contributed by atoms with Crippen molar-refractivity contribution in [2.75, 3.05) is 6.54 Å². The van der Waals surface area contributed by atoms with Crippen LogP contribution in [0.1, 0.15) is 12.0 Å². The first-order valence-electron chi connectivity index (χ1n) is 4.56. The molecule has 0 amide bonds. The fraction of sp³-hybridized carbons (Fsp3) is 0.167. The van der Waals surface area contributed by atoms with Gasteiger partial charge in [-0.15, -0.1) is 0 Å². The zero-order valence-corrected chi connectivity index (χ0v) is 7.61. The molecule has 0 bridgehead atoms. The lowest BCUT2D eigenvalue weighted by molar-refractivity contribution is 0.572. The Balaban J connectivity index is 2.31. The van der Waals surface area contributed by atoms with Gasteiger partial charge in [-0.05, 0) is 18.2 Å². The Morgan fingerprint density at radius 2 is 2.00 bits per heavy atom. The van der Waals surface area contributed by atoms with E-state index in [2.05, 4.69) is 41.8 Å². The number of nitrogens with zero attached hydrogens (tertiary/aromatic N) is 1. The van der Waals surface area contributed by atoms with Crippen molar-refractivity contribution in [2.24, 2.45) is 0 Å². The van der Waals surface area contributed by atoms with Gasteiger partial charge in [0, 0.05) is 12.2 Å². The summed E-state index contributed by atoms with van der Waals surface area (Å²) in [6.07, 6.45) is 5.28. The largest absolute Gasteiger partial charge is 0.348 e. The second-order valence-corrected chi connectivity index (χ2v) is 3.12. The lowest BCUT2D eigenvalue weighted by Crippen LogP contribution is -2.10. The van der Waals surface area contributed by atoms with Crippen LogP contribution in [0.2, 0.25) is 0 Å². The molecule has 1 aliphatic rings. The highest BCUT2D eigenvalue weighted by Crippen LogP contribution is 2.24. The van der Waals surface area contributed by atoms with Gasteiger partial charge in [-0.3, -0.25) is 0 Å². The van der Waals surface area contributed by atoms with Gasteiger partial charge in [0.2, 0.25) is 0 Å². The van der Waals surface area contributed by atoms with E-state index in [1.165, 1.54) is 11.3 Å².